The van der Waals surface area contributed by atoms with Crippen LogP contribution in [0.4, 0.5) is 0 Å². The third-order valence-electron chi connectivity index (χ3n) is 3.46. The van der Waals surface area contributed by atoms with Crippen LogP contribution >= 0.6 is 0 Å². The summed E-state index contributed by atoms with van der Waals surface area (Å²) in [5.41, 5.74) is 0.144. The van der Waals surface area contributed by atoms with E-state index >= 15 is 0 Å². The summed E-state index contributed by atoms with van der Waals surface area (Å²) in [4.78, 5) is 12.9. The Morgan fingerprint density at radius 2 is 1.80 bits per heavy atom. The first kappa shape index (κ1) is 15.4. The van der Waals surface area contributed by atoms with Gasteiger partial charge >= 0.3 is 29.6 Å². The Hall–Kier alpha value is 0.430. The zero-order chi connectivity index (χ0) is 10.8. The summed E-state index contributed by atoms with van der Waals surface area (Å²) in [7, 11) is 2.09. The maximum atomic E-state index is 10.6. The van der Waals surface area contributed by atoms with Crippen LogP contribution in [0.3, 0.4) is 0 Å². The predicted octanol–water partition coefficient (Wildman–Crippen LogP) is -2.50. The number of carbonyl (C=O) groups excluding carboxylic acids is 1. The number of piperidine rings is 1. The smallest absolute Gasteiger partial charge is 0.550 e. The van der Waals surface area contributed by atoms with Crippen molar-refractivity contribution in [3.63, 3.8) is 0 Å². The molecule has 1 aliphatic carbocycles. The van der Waals surface area contributed by atoms with E-state index < -0.39 is 5.97 Å². The number of carbonyl (C=O) groups is 1. The van der Waals surface area contributed by atoms with Gasteiger partial charge in [0.15, 0.2) is 0 Å². The minimum Gasteiger partial charge on any atom is -0.550 e. The number of nitrogens with zero attached hydrogens (tertiary/aromatic N) is 1. The molecule has 1 spiro atoms. The van der Waals surface area contributed by atoms with Gasteiger partial charge in [0.25, 0.3) is 0 Å². The molecule has 0 aromatic rings. The molecule has 1 saturated heterocycles. The van der Waals surface area contributed by atoms with Crippen LogP contribution in [0.2, 0.25) is 0 Å². The normalized spacial score (nSPS) is 27.3. The average Bonchev–Trinajstić information content (AvgIpc) is 2.89. The Morgan fingerprint density at radius 3 is 2.13 bits per heavy atom. The molecular weight excluding hydrogens is 201 g/mol. The second-order valence-electron chi connectivity index (χ2n) is 4.24. The average molecular weight is 221 g/mol. The maximum absolute atomic E-state index is 10.6. The van der Waals surface area contributed by atoms with Gasteiger partial charge in [-0.1, -0.05) is 13.8 Å². The molecule has 0 aromatic carbocycles. The Labute approximate surface area is 115 Å². The van der Waals surface area contributed by atoms with Gasteiger partial charge < -0.3 is 14.8 Å². The monoisotopic (exact) mass is 221 g/mol. The molecule has 1 atom stereocenters. The molecule has 1 heterocycles. The van der Waals surface area contributed by atoms with E-state index in [1.807, 2.05) is 13.8 Å². The molecule has 4 heteroatoms. The zero-order valence-corrected chi connectivity index (χ0v) is 12.4. The van der Waals surface area contributed by atoms with Crippen LogP contribution in [-0.2, 0) is 4.79 Å². The van der Waals surface area contributed by atoms with Crippen molar-refractivity contribution in [2.24, 2.45) is 11.3 Å². The number of carboxylic acids is 1. The van der Waals surface area contributed by atoms with Crippen molar-refractivity contribution in [2.75, 3.05) is 20.1 Å². The van der Waals surface area contributed by atoms with Gasteiger partial charge in [-0.05, 0) is 44.8 Å². The van der Waals surface area contributed by atoms with Crippen molar-refractivity contribution in [2.45, 2.75) is 33.1 Å². The van der Waals surface area contributed by atoms with Gasteiger partial charge in [0.1, 0.15) is 0 Å². The third kappa shape index (κ3) is 3.45. The van der Waals surface area contributed by atoms with Gasteiger partial charge in [0.2, 0.25) is 0 Å². The summed E-state index contributed by atoms with van der Waals surface area (Å²) < 4.78 is 0. The standard InChI is InChI=1S/C9H15NO2.C2H6.Na/c1-10-4-2-9(3-5-10)6-7(9)8(11)12;1-2;/h7H,2-6H2,1H3,(H,11,12);1-2H3;/q;;+1/p-1. The molecule has 0 N–H and O–H groups in total. The minimum absolute atomic E-state index is 0. The molecule has 0 aromatic heterocycles. The molecule has 2 aliphatic rings. The van der Waals surface area contributed by atoms with Crippen LogP contribution in [0.1, 0.15) is 33.1 Å². The first-order valence-corrected chi connectivity index (χ1v) is 5.53. The first-order chi connectivity index (χ1) is 6.64. The molecule has 0 bridgehead atoms. The fraction of sp³-hybridized carbons (Fsp3) is 0.909. The van der Waals surface area contributed by atoms with E-state index in [2.05, 4.69) is 11.9 Å². The van der Waals surface area contributed by atoms with Gasteiger partial charge in [-0.25, -0.2) is 0 Å². The van der Waals surface area contributed by atoms with E-state index in [0.29, 0.717) is 0 Å². The summed E-state index contributed by atoms with van der Waals surface area (Å²) in [5, 5.41) is 10.6. The fourth-order valence-corrected chi connectivity index (χ4v) is 2.30. The van der Waals surface area contributed by atoms with E-state index in [4.69, 9.17) is 0 Å². The Kier molecular flexibility index (Phi) is 6.41. The molecule has 2 rings (SSSR count). The Bertz CT molecular complexity index is 213. The molecule has 1 aliphatic heterocycles. The van der Waals surface area contributed by atoms with E-state index in [9.17, 15) is 9.90 Å². The van der Waals surface area contributed by atoms with Crippen molar-refractivity contribution >= 4 is 5.97 Å². The second-order valence-corrected chi connectivity index (χ2v) is 4.24. The Balaban J connectivity index is 0.000000617. The summed E-state index contributed by atoms with van der Waals surface area (Å²) in [6, 6.07) is 0. The summed E-state index contributed by atoms with van der Waals surface area (Å²) >= 11 is 0. The molecule has 0 amide bonds. The van der Waals surface area contributed by atoms with Gasteiger partial charge in [-0.15, -0.1) is 0 Å². The van der Waals surface area contributed by atoms with E-state index in [0.717, 1.165) is 32.4 Å². The summed E-state index contributed by atoms with van der Waals surface area (Å²) in [5.74, 6) is -0.967. The van der Waals surface area contributed by atoms with Crippen molar-refractivity contribution < 1.29 is 39.5 Å². The minimum atomic E-state index is -0.834. The number of aliphatic carboxylic acids is 1. The molecule has 1 saturated carbocycles. The number of hydrogen-bond acceptors (Lipinski definition) is 3. The van der Waals surface area contributed by atoms with Gasteiger partial charge in [-0.3, -0.25) is 0 Å². The first-order valence-electron chi connectivity index (χ1n) is 5.53. The molecule has 2 fully saturated rings. The topological polar surface area (TPSA) is 43.4 Å². The predicted molar refractivity (Wildman–Crippen MR) is 53.6 cm³/mol. The van der Waals surface area contributed by atoms with Crippen LogP contribution in [-0.4, -0.2) is 31.0 Å². The van der Waals surface area contributed by atoms with Crippen LogP contribution in [0, 0.1) is 11.3 Å². The number of rotatable bonds is 1. The number of carboxylic acid groups (broad SMARTS) is 1. The molecule has 0 radical (unpaired) electrons. The quantitative estimate of drug-likeness (QED) is 0.460. The van der Waals surface area contributed by atoms with Crippen LogP contribution in [0.15, 0.2) is 0 Å². The summed E-state index contributed by atoms with van der Waals surface area (Å²) in [6.45, 7) is 6.09. The van der Waals surface area contributed by atoms with Crippen LogP contribution < -0.4 is 34.7 Å². The third-order valence-corrected chi connectivity index (χ3v) is 3.46. The van der Waals surface area contributed by atoms with Crippen LogP contribution in [0.5, 0.6) is 0 Å². The fourth-order valence-electron chi connectivity index (χ4n) is 2.30. The SMILES string of the molecule is CC.CN1CCC2(CC1)CC2C(=O)[O-].[Na+]. The number of hydrogen-bond donors (Lipinski definition) is 0. The molecule has 15 heavy (non-hydrogen) atoms. The van der Waals surface area contributed by atoms with Gasteiger partial charge in [-0.2, -0.15) is 0 Å². The summed E-state index contributed by atoms with van der Waals surface area (Å²) in [6.07, 6.45) is 2.95. The molecule has 1 unspecified atom stereocenters. The van der Waals surface area contributed by atoms with E-state index in [-0.39, 0.29) is 40.9 Å². The Morgan fingerprint density at radius 1 is 1.33 bits per heavy atom. The van der Waals surface area contributed by atoms with Crippen molar-refractivity contribution in [3.05, 3.63) is 0 Å². The van der Waals surface area contributed by atoms with Crippen LogP contribution in [0.25, 0.3) is 0 Å². The number of likely N-dealkylation sites (tertiary alicyclic amines) is 1. The van der Waals surface area contributed by atoms with Crippen molar-refractivity contribution in [3.8, 4) is 0 Å². The van der Waals surface area contributed by atoms with E-state index in [1.54, 1.807) is 0 Å². The molecule has 82 valence electrons. The largest absolute Gasteiger partial charge is 1.00 e. The maximum Gasteiger partial charge on any atom is 1.00 e. The second kappa shape index (κ2) is 6.24. The van der Waals surface area contributed by atoms with Gasteiger partial charge in [0, 0.05) is 11.9 Å². The van der Waals surface area contributed by atoms with E-state index in [1.165, 1.54) is 0 Å². The zero-order valence-electron chi connectivity index (χ0n) is 10.4. The molecule has 3 nitrogen and oxygen atoms in total. The molecular formula is C11H20NNaO2. The van der Waals surface area contributed by atoms with Crippen molar-refractivity contribution in [1.29, 1.82) is 0 Å². The van der Waals surface area contributed by atoms with Gasteiger partial charge in [0.05, 0.1) is 0 Å². The van der Waals surface area contributed by atoms with Crippen molar-refractivity contribution in [1.82, 2.24) is 4.90 Å².